The normalized spacial score (nSPS) is 22.5. The van der Waals surface area contributed by atoms with E-state index in [-0.39, 0.29) is 12.0 Å². The monoisotopic (exact) mass is 491 g/mol. The summed E-state index contributed by atoms with van der Waals surface area (Å²) in [6.45, 7) is -1.05. The summed E-state index contributed by atoms with van der Waals surface area (Å²) in [5.41, 5.74) is 1.78. The molecule has 3 aromatic rings. The molecule has 1 fully saturated rings. The van der Waals surface area contributed by atoms with Gasteiger partial charge in [-0.05, 0) is 61.9 Å². The number of halogens is 4. The number of fused-ring (bicyclic) bond motifs is 3. The minimum atomic E-state index is -4.28. The van der Waals surface area contributed by atoms with Crippen LogP contribution in [0.1, 0.15) is 48.8 Å². The Balaban J connectivity index is 1.37. The van der Waals surface area contributed by atoms with Crippen LogP contribution in [0.2, 0.25) is 5.02 Å². The van der Waals surface area contributed by atoms with Gasteiger partial charge in [-0.1, -0.05) is 17.7 Å². The van der Waals surface area contributed by atoms with Gasteiger partial charge < -0.3 is 10.1 Å². The zero-order valence-corrected chi connectivity index (χ0v) is 19.2. The molecule has 1 aliphatic carbocycles. The van der Waals surface area contributed by atoms with E-state index in [1.807, 2.05) is 34.9 Å². The van der Waals surface area contributed by atoms with Gasteiger partial charge >= 0.3 is 6.18 Å². The van der Waals surface area contributed by atoms with Gasteiger partial charge in [0.1, 0.15) is 17.8 Å². The molecule has 180 valence electrons. The number of benzene rings is 1. The Kier molecular flexibility index (Phi) is 6.48. The van der Waals surface area contributed by atoms with Crippen LogP contribution in [-0.4, -0.2) is 44.6 Å². The molecule has 34 heavy (non-hydrogen) atoms. The number of nitrogens with one attached hydrogen (secondary N) is 1. The molecule has 0 bridgehead atoms. The predicted molar refractivity (Wildman–Crippen MR) is 121 cm³/mol. The highest BCUT2D eigenvalue weighted by Crippen LogP contribution is 2.37. The minimum Gasteiger partial charge on any atom is -0.474 e. The molecule has 5 rings (SSSR count). The van der Waals surface area contributed by atoms with Crippen LogP contribution in [0, 0.1) is 0 Å². The van der Waals surface area contributed by atoms with Crippen LogP contribution in [-0.2, 0) is 12.8 Å². The molecule has 2 aliphatic rings. The summed E-state index contributed by atoms with van der Waals surface area (Å²) >= 11 is 6.24. The van der Waals surface area contributed by atoms with E-state index < -0.39 is 18.8 Å². The average molecular weight is 492 g/mol. The third kappa shape index (κ3) is 5.20. The van der Waals surface area contributed by atoms with E-state index in [2.05, 4.69) is 20.5 Å². The lowest BCUT2D eigenvalue weighted by atomic mass is 9.86. The third-order valence-corrected chi connectivity index (χ3v) is 6.72. The molecule has 0 radical (unpaired) electrons. The van der Waals surface area contributed by atoms with E-state index in [0.717, 1.165) is 42.8 Å². The third-order valence-electron chi connectivity index (χ3n) is 6.49. The Morgan fingerprint density at radius 3 is 2.62 bits per heavy atom. The highest BCUT2D eigenvalue weighted by atomic mass is 35.5. The lowest BCUT2D eigenvalue weighted by Crippen LogP contribution is -2.39. The van der Waals surface area contributed by atoms with Gasteiger partial charge in [0.15, 0.2) is 0 Å². The molecule has 1 saturated carbocycles. The van der Waals surface area contributed by atoms with Gasteiger partial charge in [-0.2, -0.15) is 13.2 Å². The molecule has 1 aromatic carbocycles. The topological polar surface area (TPSA) is 64.9 Å². The Bertz CT molecular complexity index is 1130. The summed E-state index contributed by atoms with van der Waals surface area (Å²) in [7, 11) is 0. The van der Waals surface area contributed by atoms with Crippen LogP contribution >= 0.6 is 11.6 Å². The summed E-state index contributed by atoms with van der Waals surface area (Å²) in [6, 6.07) is 10.7. The Labute approximate surface area is 200 Å². The van der Waals surface area contributed by atoms with Gasteiger partial charge in [0.25, 0.3) is 0 Å². The van der Waals surface area contributed by atoms with E-state index in [1.54, 1.807) is 12.3 Å². The fraction of sp³-hybridized carbons (Fsp3) is 0.458. The van der Waals surface area contributed by atoms with E-state index in [1.165, 1.54) is 0 Å². The number of hydrogen-bond donors (Lipinski definition) is 1. The van der Waals surface area contributed by atoms with Gasteiger partial charge in [0.2, 0.25) is 5.88 Å². The van der Waals surface area contributed by atoms with Crippen molar-refractivity contribution in [2.75, 3.05) is 6.54 Å². The van der Waals surface area contributed by atoms with E-state index >= 15 is 0 Å². The van der Waals surface area contributed by atoms with Crippen LogP contribution in [0.15, 0.2) is 42.6 Å². The molecule has 0 spiro atoms. The lowest BCUT2D eigenvalue weighted by molar-refractivity contribution is -0.126. The second-order valence-electron chi connectivity index (χ2n) is 8.94. The highest BCUT2D eigenvalue weighted by Gasteiger charge is 2.33. The lowest BCUT2D eigenvalue weighted by Gasteiger charge is -2.28. The summed E-state index contributed by atoms with van der Waals surface area (Å²) in [6.07, 6.45) is 1.82. The van der Waals surface area contributed by atoms with E-state index in [0.29, 0.717) is 29.6 Å². The number of hydrogen-bond acceptors (Lipinski definition) is 5. The van der Waals surface area contributed by atoms with Crippen molar-refractivity contribution in [3.8, 4) is 11.6 Å². The fourth-order valence-corrected chi connectivity index (χ4v) is 5.11. The largest absolute Gasteiger partial charge is 0.474 e. The molecule has 6 nitrogen and oxygen atoms in total. The van der Waals surface area contributed by atoms with Crippen LogP contribution in [0.25, 0.3) is 5.69 Å². The maximum Gasteiger partial charge on any atom is 0.401 e. The molecular weight excluding hydrogens is 467 g/mol. The summed E-state index contributed by atoms with van der Waals surface area (Å²) < 4.78 is 46.6. The molecule has 0 saturated heterocycles. The number of nitrogens with zero attached hydrogens (tertiary/aromatic N) is 4. The van der Waals surface area contributed by atoms with Crippen molar-refractivity contribution in [3.63, 3.8) is 0 Å². The molecule has 2 aromatic heterocycles. The second kappa shape index (κ2) is 9.54. The quantitative estimate of drug-likeness (QED) is 0.541. The molecule has 0 amide bonds. The fourth-order valence-electron chi connectivity index (χ4n) is 4.91. The van der Waals surface area contributed by atoms with Gasteiger partial charge in [0, 0.05) is 35.7 Å². The minimum absolute atomic E-state index is 0.0970. The summed E-state index contributed by atoms with van der Waals surface area (Å²) in [5.74, 6) is 2.34. The van der Waals surface area contributed by atoms with Crippen LogP contribution in [0.4, 0.5) is 13.2 Å². The first kappa shape index (κ1) is 23.1. The van der Waals surface area contributed by atoms with Crippen molar-refractivity contribution in [2.24, 2.45) is 0 Å². The van der Waals surface area contributed by atoms with Crippen LogP contribution in [0.3, 0.4) is 0 Å². The summed E-state index contributed by atoms with van der Waals surface area (Å²) in [4.78, 5) is 4.24. The number of aromatic nitrogens is 4. The van der Waals surface area contributed by atoms with Crippen molar-refractivity contribution in [1.82, 2.24) is 25.1 Å². The Morgan fingerprint density at radius 2 is 1.88 bits per heavy atom. The van der Waals surface area contributed by atoms with E-state index in [9.17, 15) is 13.2 Å². The predicted octanol–water partition coefficient (Wildman–Crippen LogP) is 5.04. The molecule has 1 N–H and O–H groups in total. The van der Waals surface area contributed by atoms with Gasteiger partial charge in [0.05, 0.1) is 12.2 Å². The van der Waals surface area contributed by atoms with Crippen LogP contribution in [0.5, 0.6) is 5.88 Å². The van der Waals surface area contributed by atoms with E-state index in [4.69, 9.17) is 16.3 Å². The zero-order valence-electron chi connectivity index (χ0n) is 18.4. The molecule has 10 heteroatoms. The number of rotatable bonds is 5. The van der Waals surface area contributed by atoms with Gasteiger partial charge in [-0.3, -0.25) is 4.57 Å². The average Bonchev–Trinajstić information content (AvgIpc) is 3.14. The Hall–Kier alpha value is -2.65. The molecule has 3 heterocycles. The van der Waals surface area contributed by atoms with Crippen molar-refractivity contribution in [2.45, 2.75) is 62.8 Å². The van der Waals surface area contributed by atoms with Crippen molar-refractivity contribution in [1.29, 1.82) is 0 Å². The molecule has 0 unspecified atom stereocenters. The van der Waals surface area contributed by atoms with Crippen molar-refractivity contribution >= 4 is 11.6 Å². The molecular formula is C24H25ClF3N5O. The first-order chi connectivity index (χ1) is 16.4. The number of alkyl halides is 3. The number of pyridine rings is 1. The zero-order chi connectivity index (χ0) is 23.7. The second-order valence-corrected chi connectivity index (χ2v) is 9.38. The van der Waals surface area contributed by atoms with Gasteiger partial charge in [-0.15, -0.1) is 10.2 Å². The first-order valence-electron chi connectivity index (χ1n) is 11.5. The van der Waals surface area contributed by atoms with Gasteiger partial charge in [-0.25, -0.2) is 4.98 Å². The van der Waals surface area contributed by atoms with Crippen molar-refractivity contribution in [3.05, 3.63) is 64.8 Å². The standard InChI is InChI=1S/C24H25ClF3N5O/c25-17-6-9-20-16(11-17)12-18(30-14-24(26,27)28)13-21-31-32-23(33(20)21)15-4-7-19(8-5-15)34-22-3-1-2-10-29-22/h1-3,6,9-11,15,18-19,30H,4-5,7-8,12-14H2/t15?,18-,19?/m0/s1. The SMILES string of the molecule is FC(F)(F)CN[C@H]1Cc2cc(Cl)ccc2-n2c(nnc2C2CCC(Oc3ccccn3)CC2)C1. The smallest absolute Gasteiger partial charge is 0.401 e. The van der Waals surface area contributed by atoms with Crippen LogP contribution < -0.4 is 10.1 Å². The highest BCUT2D eigenvalue weighted by molar-refractivity contribution is 6.30. The maximum atomic E-state index is 12.9. The number of ether oxygens (including phenoxy) is 1. The Morgan fingerprint density at radius 1 is 1.06 bits per heavy atom. The van der Waals surface area contributed by atoms with Crippen molar-refractivity contribution < 1.29 is 17.9 Å². The maximum absolute atomic E-state index is 12.9. The molecule has 1 aliphatic heterocycles. The summed E-state index contributed by atoms with van der Waals surface area (Å²) in [5, 5.41) is 12.1. The first-order valence-corrected chi connectivity index (χ1v) is 11.8. The molecule has 1 atom stereocenters.